The van der Waals surface area contributed by atoms with Crippen LogP contribution in [0.5, 0.6) is 0 Å². The number of rotatable bonds is 5. The first-order chi connectivity index (χ1) is 8.58. The summed E-state index contributed by atoms with van der Waals surface area (Å²) in [6, 6.07) is 6.24. The fourth-order valence-corrected chi connectivity index (χ4v) is 3.29. The largest absolute Gasteiger partial charge is 0.378 e. The number of hydrogen-bond donors (Lipinski definition) is 1. The Morgan fingerprint density at radius 1 is 1.44 bits per heavy atom. The van der Waals surface area contributed by atoms with E-state index in [9.17, 15) is 8.42 Å². The Balaban J connectivity index is 1.90. The lowest BCUT2D eigenvalue weighted by atomic mass is 10.2. The van der Waals surface area contributed by atoms with Crippen molar-refractivity contribution in [2.45, 2.75) is 30.3 Å². The van der Waals surface area contributed by atoms with Crippen LogP contribution in [0.15, 0.2) is 29.2 Å². The summed E-state index contributed by atoms with van der Waals surface area (Å²) in [7, 11) is -3.46. The highest BCUT2D eigenvalue weighted by molar-refractivity contribution is 7.89. The molecule has 1 atom stereocenters. The van der Waals surface area contributed by atoms with Gasteiger partial charge in [0.25, 0.3) is 0 Å². The topological polar surface area (TPSA) is 55.4 Å². The van der Waals surface area contributed by atoms with E-state index < -0.39 is 10.0 Å². The van der Waals surface area contributed by atoms with E-state index in [1.54, 1.807) is 12.1 Å². The van der Waals surface area contributed by atoms with E-state index in [-0.39, 0.29) is 11.0 Å². The summed E-state index contributed by atoms with van der Waals surface area (Å²) in [4.78, 5) is 0.197. The Morgan fingerprint density at radius 2 is 2.28 bits per heavy atom. The van der Waals surface area contributed by atoms with Gasteiger partial charge in [0.2, 0.25) is 10.0 Å². The first kappa shape index (κ1) is 13.8. The zero-order valence-corrected chi connectivity index (χ0v) is 11.5. The molecule has 18 heavy (non-hydrogen) atoms. The summed E-state index contributed by atoms with van der Waals surface area (Å²) in [5.41, 5.74) is 0. The van der Waals surface area contributed by atoms with Gasteiger partial charge >= 0.3 is 0 Å². The predicted octanol–water partition coefficient (Wildman–Crippen LogP) is 2.19. The maximum Gasteiger partial charge on any atom is 0.240 e. The van der Waals surface area contributed by atoms with Crippen molar-refractivity contribution in [2.75, 3.05) is 13.2 Å². The number of benzene rings is 1. The van der Waals surface area contributed by atoms with Crippen molar-refractivity contribution in [2.24, 2.45) is 0 Å². The zero-order valence-electron chi connectivity index (χ0n) is 9.93. The van der Waals surface area contributed by atoms with Gasteiger partial charge in [-0.2, -0.15) is 0 Å². The van der Waals surface area contributed by atoms with Crippen molar-refractivity contribution >= 4 is 21.6 Å². The van der Waals surface area contributed by atoms with E-state index in [1.807, 2.05) is 0 Å². The SMILES string of the molecule is O=S(=O)(NCCC1CCCO1)c1cccc(Cl)c1. The third-order valence-corrected chi connectivity index (χ3v) is 4.58. The minimum atomic E-state index is -3.46. The van der Waals surface area contributed by atoms with Crippen LogP contribution in [0.3, 0.4) is 0 Å². The Bertz CT molecular complexity index is 498. The van der Waals surface area contributed by atoms with E-state index in [0.29, 0.717) is 18.0 Å². The second-order valence-corrected chi connectivity index (χ2v) is 6.48. The molecule has 100 valence electrons. The van der Waals surface area contributed by atoms with Gasteiger partial charge < -0.3 is 4.74 Å². The van der Waals surface area contributed by atoms with Crippen molar-refractivity contribution in [1.82, 2.24) is 4.72 Å². The van der Waals surface area contributed by atoms with Crippen LogP contribution in [0.1, 0.15) is 19.3 Å². The van der Waals surface area contributed by atoms with Crippen LogP contribution < -0.4 is 4.72 Å². The minimum absolute atomic E-state index is 0.187. The normalized spacial score (nSPS) is 20.2. The molecule has 1 aromatic rings. The second kappa shape index (κ2) is 6.02. The van der Waals surface area contributed by atoms with Gasteiger partial charge in [-0.15, -0.1) is 0 Å². The van der Waals surface area contributed by atoms with Crippen molar-refractivity contribution < 1.29 is 13.2 Å². The smallest absolute Gasteiger partial charge is 0.240 e. The molecule has 1 heterocycles. The average molecular weight is 290 g/mol. The Morgan fingerprint density at radius 3 is 2.94 bits per heavy atom. The standard InChI is InChI=1S/C12H16ClNO3S/c13-10-3-1-5-12(9-10)18(15,16)14-7-6-11-4-2-8-17-11/h1,3,5,9,11,14H,2,4,6-8H2. The van der Waals surface area contributed by atoms with Gasteiger partial charge in [-0.3, -0.25) is 0 Å². The molecule has 1 aliphatic heterocycles. The highest BCUT2D eigenvalue weighted by atomic mass is 35.5. The van der Waals surface area contributed by atoms with Crippen molar-refractivity contribution in [1.29, 1.82) is 0 Å². The summed E-state index contributed by atoms with van der Waals surface area (Å²) >= 11 is 5.78. The van der Waals surface area contributed by atoms with E-state index in [2.05, 4.69) is 4.72 Å². The molecule has 1 aromatic carbocycles. The molecule has 1 aliphatic rings. The zero-order chi connectivity index (χ0) is 13.0. The van der Waals surface area contributed by atoms with Crippen LogP contribution in [-0.2, 0) is 14.8 Å². The monoisotopic (exact) mass is 289 g/mol. The molecule has 0 aromatic heterocycles. The first-order valence-corrected chi connectivity index (χ1v) is 7.81. The third-order valence-electron chi connectivity index (χ3n) is 2.89. The molecular weight excluding hydrogens is 274 g/mol. The number of hydrogen-bond acceptors (Lipinski definition) is 3. The van der Waals surface area contributed by atoms with Gasteiger partial charge in [-0.1, -0.05) is 17.7 Å². The molecule has 2 rings (SSSR count). The summed E-state index contributed by atoms with van der Waals surface area (Å²) < 4.78 is 31.9. The molecule has 1 fully saturated rings. The maximum atomic E-state index is 11.9. The molecule has 0 bridgehead atoms. The van der Waals surface area contributed by atoms with Crippen LogP contribution in [0.4, 0.5) is 0 Å². The van der Waals surface area contributed by atoms with E-state index in [4.69, 9.17) is 16.3 Å². The van der Waals surface area contributed by atoms with Gasteiger partial charge in [-0.05, 0) is 37.5 Å². The van der Waals surface area contributed by atoms with Crippen molar-refractivity contribution in [3.05, 3.63) is 29.3 Å². The van der Waals surface area contributed by atoms with Crippen molar-refractivity contribution in [3.8, 4) is 0 Å². The van der Waals surface area contributed by atoms with Gasteiger partial charge in [0.1, 0.15) is 0 Å². The number of nitrogens with one attached hydrogen (secondary N) is 1. The summed E-state index contributed by atoms with van der Waals surface area (Å²) in [5, 5.41) is 0.414. The van der Waals surface area contributed by atoms with Gasteiger partial charge in [0.15, 0.2) is 0 Å². The quantitative estimate of drug-likeness (QED) is 0.904. The lowest BCUT2D eigenvalue weighted by molar-refractivity contribution is 0.105. The predicted molar refractivity (Wildman–Crippen MR) is 70.2 cm³/mol. The molecule has 1 saturated heterocycles. The van der Waals surface area contributed by atoms with E-state index >= 15 is 0 Å². The molecule has 0 amide bonds. The number of ether oxygens (including phenoxy) is 1. The third kappa shape index (κ3) is 3.68. The lowest BCUT2D eigenvalue weighted by Gasteiger charge is -2.10. The Kier molecular flexibility index (Phi) is 4.61. The first-order valence-electron chi connectivity index (χ1n) is 5.95. The fourth-order valence-electron chi connectivity index (χ4n) is 1.94. The lowest BCUT2D eigenvalue weighted by Crippen LogP contribution is -2.27. The van der Waals surface area contributed by atoms with Crippen LogP contribution in [0.2, 0.25) is 5.02 Å². The van der Waals surface area contributed by atoms with Crippen LogP contribution in [0.25, 0.3) is 0 Å². The van der Waals surface area contributed by atoms with Gasteiger partial charge in [0.05, 0.1) is 11.0 Å². The van der Waals surface area contributed by atoms with E-state index in [0.717, 1.165) is 19.4 Å². The molecule has 1 unspecified atom stereocenters. The molecule has 1 N–H and O–H groups in total. The number of halogens is 1. The molecule has 6 heteroatoms. The highest BCUT2D eigenvalue weighted by Gasteiger charge is 2.18. The fraction of sp³-hybridized carbons (Fsp3) is 0.500. The molecule has 0 saturated carbocycles. The van der Waals surface area contributed by atoms with Crippen LogP contribution in [-0.4, -0.2) is 27.7 Å². The summed E-state index contributed by atoms with van der Waals surface area (Å²) in [5.74, 6) is 0. The molecule has 0 aliphatic carbocycles. The van der Waals surface area contributed by atoms with Crippen LogP contribution >= 0.6 is 11.6 Å². The maximum absolute atomic E-state index is 11.9. The molecular formula is C12H16ClNO3S. The highest BCUT2D eigenvalue weighted by Crippen LogP contribution is 2.17. The van der Waals surface area contributed by atoms with Gasteiger partial charge in [-0.25, -0.2) is 13.1 Å². The molecule has 0 radical (unpaired) electrons. The second-order valence-electron chi connectivity index (χ2n) is 4.28. The van der Waals surface area contributed by atoms with Crippen molar-refractivity contribution in [3.63, 3.8) is 0 Å². The Labute approximate surface area is 112 Å². The Hall–Kier alpha value is -0.620. The average Bonchev–Trinajstić information content (AvgIpc) is 2.82. The van der Waals surface area contributed by atoms with E-state index in [1.165, 1.54) is 12.1 Å². The molecule has 0 spiro atoms. The van der Waals surface area contributed by atoms with Gasteiger partial charge in [0, 0.05) is 18.2 Å². The summed E-state index contributed by atoms with van der Waals surface area (Å²) in [6.07, 6.45) is 2.97. The summed E-state index contributed by atoms with van der Waals surface area (Å²) in [6.45, 7) is 1.17. The minimum Gasteiger partial charge on any atom is -0.378 e. The number of sulfonamides is 1. The molecule has 4 nitrogen and oxygen atoms in total. The van der Waals surface area contributed by atoms with Crippen LogP contribution in [0, 0.1) is 0 Å².